The minimum Gasteiger partial charge on any atom is -0.207 e. The highest BCUT2D eigenvalue weighted by atomic mass is 79.9. The third-order valence-electron chi connectivity index (χ3n) is 1.41. The van der Waals surface area contributed by atoms with Gasteiger partial charge in [-0.2, -0.15) is 0 Å². The molecule has 0 N–H and O–H groups in total. The van der Waals surface area contributed by atoms with E-state index < -0.39 is 0 Å². The highest BCUT2D eigenvalue weighted by molar-refractivity contribution is 9.10. The average Bonchev–Trinajstić information content (AvgIpc) is 1.97. The summed E-state index contributed by atoms with van der Waals surface area (Å²) in [6, 6.07) is 4.94. The summed E-state index contributed by atoms with van der Waals surface area (Å²) in [5.41, 5.74) is 0.669. The molecule has 0 fully saturated rings. The van der Waals surface area contributed by atoms with Crippen molar-refractivity contribution in [2.45, 2.75) is 6.42 Å². The van der Waals surface area contributed by atoms with Crippen LogP contribution in [0, 0.1) is 5.82 Å². The van der Waals surface area contributed by atoms with Crippen molar-refractivity contribution < 1.29 is 4.39 Å². The molecule has 0 spiro atoms. The normalized spacial score (nSPS) is 9.64. The first-order valence-corrected chi connectivity index (χ1v) is 4.09. The summed E-state index contributed by atoms with van der Waals surface area (Å²) < 4.78 is 13.8. The van der Waals surface area contributed by atoms with Crippen LogP contribution in [0.2, 0.25) is 0 Å². The highest BCUT2D eigenvalue weighted by Crippen LogP contribution is 2.19. The molecule has 0 bridgehead atoms. The summed E-state index contributed by atoms with van der Waals surface area (Å²) in [4.78, 5) is 0. The zero-order valence-corrected chi connectivity index (χ0v) is 7.57. The fraction of sp³-hybridized carbons (Fsp3) is 0.111. The smallest absolute Gasteiger partial charge is 0.127 e. The third kappa shape index (κ3) is 1.90. The zero-order valence-electron chi connectivity index (χ0n) is 5.98. The maximum atomic E-state index is 13.0. The Morgan fingerprint density at radius 1 is 1.55 bits per heavy atom. The molecule has 0 saturated heterocycles. The second kappa shape index (κ2) is 3.67. The second-order valence-corrected chi connectivity index (χ2v) is 3.05. The molecule has 0 aliphatic heterocycles. The Hall–Kier alpha value is -0.630. The van der Waals surface area contributed by atoms with Crippen molar-refractivity contribution in [3.05, 3.63) is 46.7 Å². The van der Waals surface area contributed by atoms with E-state index in [4.69, 9.17) is 0 Å². The van der Waals surface area contributed by atoms with E-state index in [1.165, 1.54) is 6.07 Å². The maximum Gasteiger partial charge on any atom is 0.127 e. The first kappa shape index (κ1) is 8.47. The van der Waals surface area contributed by atoms with Gasteiger partial charge >= 0.3 is 0 Å². The number of benzene rings is 1. The fourth-order valence-electron chi connectivity index (χ4n) is 0.872. The van der Waals surface area contributed by atoms with E-state index in [1.54, 1.807) is 12.1 Å². The lowest BCUT2D eigenvalue weighted by Gasteiger charge is -2.00. The minimum atomic E-state index is -0.181. The van der Waals surface area contributed by atoms with Gasteiger partial charge in [0.25, 0.3) is 0 Å². The van der Waals surface area contributed by atoms with E-state index in [0.717, 1.165) is 4.47 Å². The molecule has 0 aliphatic rings. The van der Waals surface area contributed by atoms with Crippen LogP contribution in [0.15, 0.2) is 35.3 Å². The predicted molar refractivity (Wildman–Crippen MR) is 48.0 cm³/mol. The molecule has 0 aliphatic carbocycles. The Balaban J connectivity index is 3.09. The molecule has 11 heavy (non-hydrogen) atoms. The molecular weight excluding hydrogens is 207 g/mol. The van der Waals surface area contributed by atoms with Gasteiger partial charge in [0, 0.05) is 10.0 Å². The molecule has 0 aromatic heterocycles. The summed E-state index contributed by atoms with van der Waals surface area (Å²) in [7, 11) is 0. The molecule has 0 atom stereocenters. The molecule has 0 amide bonds. The molecule has 0 radical (unpaired) electrons. The van der Waals surface area contributed by atoms with Crippen molar-refractivity contribution in [2.75, 3.05) is 0 Å². The van der Waals surface area contributed by atoms with Crippen LogP contribution in [0.1, 0.15) is 5.56 Å². The Kier molecular flexibility index (Phi) is 2.83. The number of rotatable bonds is 2. The van der Waals surface area contributed by atoms with Crippen LogP contribution in [0.3, 0.4) is 0 Å². The molecule has 1 rings (SSSR count). The molecule has 0 nitrogen and oxygen atoms in total. The van der Waals surface area contributed by atoms with Gasteiger partial charge in [-0.1, -0.05) is 28.1 Å². The van der Waals surface area contributed by atoms with Crippen molar-refractivity contribution >= 4 is 15.9 Å². The van der Waals surface area contributed by atoms with Crippen LogP contribution in [0.4, 0.5) is 4.39 Å². The first-order chi connectivity index (χ1) is 5.25. The molecular formula is C9H8BrF. The number of allylic oxidation sites excluding steroid dienone is 1. The Morgan fingerprint density at radius 2 is 2.27 bits per heavy atom. The molecule has 2 heteroatoms. The van der Waals surface area contributed by atoms with Crippen LogP contribution in [0.5, 0.6) is 0 Å². The average molecular weight is 215 g/mol. The van der Waals surface area contributed by atoms with Gasteiger partial charge in [0.15, 0.2) is 0 Å². The van der Waals surface area contributed by atoms with E-state index in [9.17, 15) is 4.39 Å². The van der Waals surface area contributed by atoms with Gasteiger partial charge in [-0.05, 0) is 18.6 Å². The lowest BCUT2D eigenvalue weighted by atomic mass is 10.1. The minimum absolute atomic E-state index is 0.181. The van der Waals surface area contributed by atoms with Gasteiger partial charge < -0.3 is 0 Å². The molecule has 1 aromatic carbocycles. The van der Waals surface area contributed by atoms with E-state index in [-0.39, 0.29) is 5.82 Å². The predicted octanol–water partition coefficient (Wildman–Crippen LogP) is 3.32. The van der Waals surface area contributed by atoms with Crippen molar-refractivity contribution in [1.82, 2.24) is 0 Å². The van der Waals surface area contributed by atoms with Gasteiger partial charge in [0.2, 0.25) is 0 Å². The summed E-state index contributed by atoms with van der Waals surface area (Å²) in [6.45, 7) is 3.55. The van der Waals surface area contributed by atoms with E-state index in [0.29, 0.717) is 12.0 Å². The fourth-order valence-corrected chi connectivity index (χ4v) is 1.38. The highest BCUT2D eigenvalue weighted by Gasteiger charge is 2.02. The van der Waals surface area contributed by atoms with Crippen molar-refractivity contribution in [1.29, 1.82) is 0 Å². The summed E-state index contributed by atoms with van der Waals surface area (Å²) in [5, 5.41) is 0. The Morgan fingerprint density at radius 3 is 2.82 bits per heavy atom. The SMILES string of the molecule is C=CCc1c(F)cccc1Br. The lowest BCUT2D eigenvalue weighted by Crippen LogP contribution is -1.88. The molecule has 0 unspecified atom stereocenters. The topological polar surface area (TPSA) is 0 Å². The quantitative estimate of drug-likeness (QED) is 0.664. The zero-order chi connectivity index (χ0) is 8.27. The van der Waals surface area contributed by atoms with Gasteiger partial charge in [-0.25, -0.2) is 4.39 Å². The summed E-state index contributed by atoms with van der Waals surface area (Å²) in [6.07, 6.45) is 2.25. The standard InChI is InChI=1S/C9H8BrF/c1-2-4-7-8(10)5-3-6-9(7)11/h2-3,5-6H,1,4H2. The van der Waals surface area contributed by atoms with Crippen LogP contribution in [0.25, 0.3) is 0 Å². The van der Waals surface area contributed by atoms with E-state index >= 15 is 0 Å². The first-order valence-electron chi connectivity index (χ1n) is 3.29. The van der Waals surface area contributed by atoms with E-state index in [1.807, 2.05) is 6.07 Å². The number of hydrogen-bond donors (Lipinski definition) is 0. The summed E-state index contributed by atoms with van der Waals surface area (Å²) in [5.74, 6) is -0.181. The second-order valence-electron chi connectivity index (χ2n) is 2.19. The van der Waals surface area contributed by atoms with Crippen LogP contribution in [-0.2, 0) is 6.42 Å². The van der Waals surface area contributed by atoms with Crippen LogP contribution >= 0.6 is 15.9 Å². The van der Waals surface area contributed by atoms with Crippen molar-refractivity contribution in [3.63, 3.8) is 0 Å². The molecule has 0 heterocycles. The van der Waals surface area contributed by atoms with Crippen LogP contribution < -0.4 is 0 Å². The van der Waals surface area contributed by atoms with Gasteiger partial charge in [-0.3, -0.25) is 0 Å². The van der Waals surface area contributed by atoms with Gasteiger partial charge in [0.05, 0.1) is 0 Å². The monoisotopic (exact) mass is 214 g/mol. The number of hydrogen-bond acceptors (Lipinski definition) is 0. The van der Waals surface area contributed by atoms with Gasteiger partial charge in [0.1, 0.15) is 5.82 Å². The van der Waals surface area contributed by atoms with E-state index in [2.05, 4.69) is 22.5 Å². The molecule has 1 aromatic rings. The van der Waals surface area contributed by atoms with Crippen molar-refractivity contribution in [2.24, 2.45) is 0 Å². The summed E-state index contributed by atoms with van der Waals surface area (Å²) >= 11 is 3.26. The Labute approximate surface area is 73.9 Å². The van der Waals surface area contributed by atoms with Crippen LogP contribution in [-0.4, -0.2) is 0 Å². The lowest BCUT2D eigenvalue weighted by molar-refractivity contribution is 0.613. The molecule has 0 saturated carbocycles. The van der Waals surface area contributed by atoms with Crippen molar-refractivity contribution in [3.8, 4) is 0 Å². The molecule has 58 valence electrons. The number of halogens is 2. The Bertz CT molecular complexity index is 248. The largest absolute Gasteiger partial charge is 0.207 e. The maximum absolute atomic E-state index is 13.0. The third-order valence-corrected chi connectivity index (χ3v) is 2.15. The van der Waals surface area contributed by atoms with Gasteiger partial charge in [-0.15, -0.1) is 6.58 Å².